The van der Waals surface area contributed by atoms with Crippen molar-refractivity contribution in [3.8, 4) is 0 Å². The number of methoxy groups -OCH3 is 1. The van der Waals surface area contributed by atoms with Gasteiger partial charge in [-0.25, -0.2) is 4.39 Å². The maximum atomic E-state index is 13.2. The molecule has 18 heavy (non-hydrogen) atoms. The van der Waals surface area contributed by atoms with Crippen molar-refractivity contribution in [3.63, 3.8) is 0 Å². The number of halogens is 2. The Balaban J connectivity index is 2.53. The molecular weight excluding hydrogens is 346 g/mol. The second-order valence-corrected chi connectivity index (χ2v) is 5.66. The van der Waals surface area contributed by atoms with Gasteiger partial charge in [-0.05, 0) is 38.0 Å². The smallest absolute Gasteiger partial charge is 0.123 e. The fourth-order valence-electron chi connectivity index (χ4n) is 1.49. The van der Waals surface area contributed by atoms with Gasteiger partial charge >= 0.3 is 0 Å². The van der Waals surface area contributed by atoms with Crippen molar-refractivity contribution in [2.24, 2.45) is 0 Å². The van der Waals surface area contributed by atoms with Crippen LogP contribution in [0.1, 0.15) is 31.9 Å². The molecule has 102 valence electrons. The SMILES string of the molecule is COC(C)(C)CCOC(CI)c1cccc(F)c1. The first-order valence-corrected chi connectivity index (χ1v) is 7.49. The lowest BCUT2D eigenvalue weighted by Crippen LogP contribution is -2.25. The molecule has 1 atom stereocenters. The van der Waals surface area contributed by atoms with E-state index in [0.717, 1.165) is 16.4 Å². The van der Waals surface area contributed by atoms with E-state index >= 15 is 0 Å². The summed E-state index contributed by atoms with van der Waals surface area (Å²) in [5.74, 6) is -0.219. The summed E-state index contributed by atoms with van der Waals surface area (Å²) in [5.41, 5.74) is 0.706. The third-order valence-corrected chi connectivity index (χ3v) is 3.74. The maximum absolute atomic E-state index is 13.2. The summed E-state index contributed by atoms with van der Waals surface area (Å²) in [5, 5.41) is 0. The number of alkyl halides is 1. The van der Waals surface area contributed by atoms with Crippen molar-refractivity contribution in [3.05, 3.63) is 35.6 Å². The quantitative estimate of drug-likeness (QED) is 0.534. The highest BCUT2D eigenvalue weighted by Crippen LogP contribution is 2.22. The molecule has 0 aliphatic carbocycles. The first-order chi connectivity index (χ1) is 8.48. The van der Waals surface area contributed by atoms with Gasteiger partial charge in [-0.15, -0.1) is 0 Å². The summed E-state index contributed by atoms with van der Waals surface area (Å²) < 4.78 is 25.1. The number of rotatable bonds is 7. The topological polar surface area (TPSA) is 18.5 Å². The molecule has 0 N–H and O–H groups in total. The van der Waals surface area contributed by atoms with Crippen LogP contribution in [0.2, 0.25) is 0 Å². The van der Waals surface area contributed by atoms with Crippen LogP contribution in [0.15, 0.2) is 24.3 Å². The van der Waals surface area contributed by atoms with Crippen LogP contribution in [0, 0.1) is 5.82 Å². The van der Waals surface area contributed by atoms with E-state index in [1.807, 2.05) is 19.9 Å². The summed E-state index contributed by atoms with van der Waals surface area (Å²) in [6.07, 6.45) is 0.750. The molecule has 0 saturated heterocycles. The van der Waals surface area contributed by atoms with Gasteiger partial charge in [0, 0.05) is 11.5 Å². The Kier molecular flexibility index (Phi) is 6.52. The molecule has 2 nitrogen and oxygen atoms in total. The predicted molar refractivity (Wildman–Crippen MR) is 79.7 cm³/mol. The van der Waals surface area contributed by atoms with Crippen molar-refractivity contribution in [1.29, 1.82) is 0 Å². The van der Waals surface area contributed by atoms with E-state index in [9.17, 15) is 4.39 Å². The summed E-state index contributed by atoms with van der Waals surface area (Å²) in [7, 11) is 1.70. The van der Waals surface area contributed by atoms with Crippen LogP contribution >= 0.6 is 22.6 Å². The van der Waals surface area contributed by atoms with Gasteiger partial charge in [0.15, 0.2) is 0 Å². The first kappa shape index (κ1) is 15.9. The molecule has 1 unspecified atom stereocenters. The minimum Gasteiger partial charge on any atom is -0.379 e. The van der Waals surface area contributed by atoms with Gasteiger partial charge in [0.05, 0.1) is 18.3 Å². The zero-order valence-corrected chi connectivity index (χ0v) is 13.2. The molecule has 0 aromatic heterocycles. The molecule has 0 aliphatic rings. The highest BCUT2D eigenvalue weighted by atomic mass is 127. The van der Waals surface area contributed by atoms with Crippen molar-refractivity contribution in [1.82, 2.24) is 0 Å². The Hall–Kier alpha value is -0.200. The average Bonchev–Trinajstić information content (AvgIpc) is 2.34. The Morgan fingerprint density at radius 2 is 2.11 bits per heavy atom. The zero-order valence-electron chi connectivity index (χ0n) is 11.1. The van der Waals surface area contributed by atoms with Crippen LogP contribution in [-0.4, -0.2) is 23.7 Å². The zero-order chi connectivity index (χ0) is 13.6. The van der Waals surface area contributed by atoms with Gasteiger partial charge in [0.1, 0.15) is 5.82 Å². The van der Waals surface area contributed by atoms with Crippen molar-refractivity contribution in [2.45, 2.75) is 32.0 Å². The molecular formula is C14H20FIO2. The molecule has 0 amide bonds. The number of benzene rings is 1. The summed E-state index contributed by atoms with van der Waals surface area (Å²) in [4.78, 5) is 0. The molecule has 0 bridgehead atoms. The molecule has 0 heterocycles. The van der Waals surface area contributed by atoms with Gasteiger partial charge in [0.25, 0.3) is 0 Å². The van der Waals surface area contributed by atoms with Crippen LogP contribution in [0.25, 0.3) is 0 Å². The Morgan fingerprint density at radius 1 is 1.39 bits per heavy atom. The molecule has 0 radical (unpaired) electrons. The molecule has 0 fully saturated rings. The highest BCUT2D eigenvalue weighted by Gasteiger charge is 2.18. The molecule has 1 aromatic carbocycles. The van der Waals surface area contributed by atoms with E-state index in [4.69, 9.17) is 9.47 Å². The van der Waals surface area contributed by atoms with E-state index < -0.39 is 0 Å². The van der Waals surface area contributed by atoms with Crippen LogP contribution < -0.4 is 0 Å². The molecule has 0 aliphatic heterocycles. The summed E-state index contributed by atoms with van der Waals surface area (Å²) in [6, 6.07) is 6.59. The second-order valence-electron chi connectivity index (χ2n) is 4.78. The lowest BCUT2D eigenvalue weighted by Gasteiger charge is -2.24. The Labute approximate surface area is 122 Å². The minimum atomic E-state index is -0.219. The normalized spacial score (nSPS) is 13.6. The Morgan fingerprint density at radius 3 is 2.67 bits per heavy atom. The van der Waals surface area contributed by atoms with Gasteiger partial charge in [-0.2, -0.15) is 0 Å². The molecule has 1 rings (SSSR count). The van der Waals surface area contributed by atoms with E-state index in [1.165, 1.54) is 12.1 Å². The van der Waals surface area contributed by atoms with E-state index in [1.54, 1.807) is 13.2 Å². The standard InChI is InChI=1S/C14H20FIO2/c1-14(2,17-3)7-8-18-13(10-16)11-5-4-6-12(15)9-11/h4-6,9,13H,7-8,10H2,1-3H3. The third-order valence-electron chi connectivity index (χ3n) is 2.94. The van der Waals surface area contributed by atoms with E-state index in [2.05, 4.69) is 22.6 Å². The van der Waals surface area contributed by atoms with Gasteiger partial charge in [-0.1, -0.05) is 34.7 Å². The van der Waals surface area contributed by atoms with E-state index in [-0.39, 0.29) is 17.5 Å². The number of ether oxygens (including phenoxy) is 2. The fraction of sp³-hybridized carbons (Fsp3) is 0.571. The van der Waals surface area contributed by atoms with Gasteiger partial charge in [0.2, 0.25) is 0 Å². The number of hydrogen-bond acceptors (Lipinski definition) is 2. The minimum absolute atomic E-state index is 0.0612. The highest BCUT2D eigenvalue weighted by molar-refractivity contribution is 14.1. The van der Waals surface area contributed by atoms with Crippen molar-refractivity contribution >= 4 is 22.6 Å². The van der Waals surface area contributed by atoms with Gasteiger partial charge in [-0.3, -0.25) is 0 Å². The van der Waals surface area contributed by atoms with Crippen molar-refractivity contribution in [2.75, 3.05) is 18.1 Å². The predicted octanol–water partition coefficient (Wildman–Crippen LogP) is 4.13. The van der Waals surface area contributed by atoms with Crippen LogP contribution in [-0.2, 0) is 9.47 Å². The lowest BCUT2D eigenvalue weighted by atomic mass is 10.1. The third kappa shape index (κ3) is 5.20. The van der Waals surface area contributed by atoms with Crippen LogP contribution in [0.4, 0.5) is 4.39 Å². The van der Waals surface area contributed by atoms with Crippen molar-refractivity contribution < 1.29 is 13.9 Å². The van der Waals surface area contributed by atoms with E-state index in [0.29, 0.717) is 6.61 Å². The van der Waals surface area contributed by atoms with Gasteiger partial charge < -0.3 is 9.47 Å². The second kappa shape index (κ2) is 7.40. The average molecular weight is 366 g/mol. The fourth-order valence-corrected chi connectivity index (χ4v) is 2.25. The first-order valence-electron chi connectivity index (χ1n) is 5.96. The lowest BCUT2D eigenvalue weighted by molar-refractivity contribution is -0.0226. The largest absolute Gasteiger partial charge is 0.379 e. The molecule has 1 aromatic rings. The monoisotopic (exact) mass is 366 g/mol. The van der Waals surface area contributed by atoms with Crippen LogP contribution in [0.3, 0.4) is 0 Å². The maximum Gasteiger partial charge on any atom is 0.123 e. The molecule has 0 saturated carbocycles. The number of hydrogen-bond donors (Lipinski definition) is 0. The molecule has 0 spiro atoms. The summed E-state index contributed by atoms with van der Waals surface area (Å²) in [6.45, 7) is 4.65. The summed E-state index contributed by atoms with van der Waals surface area (Å²) >= 11 is 2.26. The Bertz CT molecular complexity index is 369. The molecule has 4 heteroatoms. The van der Waals surface area contributed by atoms with Crippen LogP contribution in [0.5, 0.6) is 0 Å².